The minimum Gasteiger partial charge on any atom is -0.374 e. The molecule has 1 atom stereocenters. The number of methoxy groups -OCH3 is 1. The number of hydrogen-bond acceptors (Lipinski definition) is 5. The number of carbonyl (C=O) groups excluding carboxylic acids is 1. The van der Waals surface area contributed by atoms with Crippen molar-refractivity contribution in [3.8, 4) is 0 Å². The van der Waals surface area contributed by atoms with E-state index in [2.05, 4.69) is 15.6 Å². The Kier molecular flexibility index (Phi) is 4.33. The molecule has 0 spiro atoms. The van der Waals surface area contributed by atoms with Crippen molar-refractivity contribution in [2.75, 3.05) is 20.2 Å². The molecule has 1 aliphatic heterocycles. The Labute approximate surface area is 127 Å². The van der Waals surface area contributed by atoms with Gasteiger partial charge in [0.15, 0.2) is 0 Å². The summed E-state index contributed by atoms with van der Waals surface area (Å²) < 4.78 is 7.45. The summed E-state index contributed by atoms with van der Waals surface area (Å²) in [6.45, 7) is 2.92. The van der Waals surface area contributed by atoms with Gasteiger partial charge in [-0.25, -0.2) is 4.98 Å². The molecule has 3 rings (SSSR count). The summed E-state index contributed by atoms with van der Waals surface area (Å²) in [6, 6.07) is 3.98. The summed E-state index contributed by atoms with van der Waals surface area (Å²) in [5.41, 5.74) is 0.467. The Morgan fingerprint density at radius 3 is 3.29 bits per heavy atom. The van der Waals surface area contributed by atoms with Crippen molar-refractivity contribution in [2.24, 2.45) is 0 Å². The van der Waals surface area contributed by atoms with E-state index in [4.69, 9.17) is 4.74 Å². The minimum absolute atomic E-state index is 0.118. The molecule has 2 N–H and O–H groups in total. The molecule has 0 radical (unpaired) electrons. The van der Waals surface area contributed by atoms with E-state index in [0.29, 0.717) is 18.8 Å². The summed E-state index contributed by atoms with van der Waals surface area (Å²) in [7, 11) is 1.65. The fourth-order valence-electron chi connectivity index (χ4n) is 2.35. The van der Waals surface area contributed by atoms with Gasteiger partial charge in [-0.3, -0.25) is 4.79 Å². The molecule has 112 valence electrons. The predicted molar refractivity (Wildman–Crippen MR) is 80.3 cm³/mol. The smallest absolute Gasteiger partial charge is 0.271 e. The highest BCUT2D eigenvalue weighted by molar-refractivity contribution is 7.10. The van der Waals surface area contributed by atoms with E-state index in [1.54, 1.807) is 18.4 Å². The molecule has 2 aromatic rings. The molecule has 0 bridgehead atoms. The van der Waals surface area contributed by atoms with Crippen LogP contribution in [0.2, 0.25) is 0 Å². The lowest BCUT2D eigenvalue weighted by molar-refractivity contribution is 0.0834. The molecule has 0 fully saturated rings. The van der Waals surface area contributed by atoms with Gasteiger partial charge in [-0.1, -0.05) is 6.07 Å². The van der Waals surface area contributed by atoms with Gasteiger partial charge in [0, 0.05) is 37.8 Å². The first-order valence-electron chi connectivity index (χ1n) is 6.89. The zero-order chi connectivity index (χ0) is 14.7. The van der Waals surface area contributed by atoms with Crippen LogP contribution in [0.5, 0.6) is 0 Å². The number of imidazole rings is 1. The summed E-state index contributed by atoms with van der Waals surface area (Å²) in [6.07, 6.45) is 1.70. The number of amides is 1. The molecular formula is C14H18N4O2S. The molecule has 0 saturated heterocycles. The van der Waals surface area contributed by atoms with Crippen molar-refractivity contribution in [1.82, 2.24) is 20.2 Å². The van der Waals surface area contributed by atoms with Crippen LogP contribution >= 0.6 is 11.3 Å². The standard InChI is InChI=1S/C14H18N4O2S/c1-20-11(12-3-2-6-21-12)7-16-14(19)10-9-18-5-4-15-8-13(18)17-10/h2-3,6,9,11,15H,4-5,7-8H2,1H3,(H,16,19). The quantitative estimate of drug-likeness (QED) is 0.870. The van der Waals surface area contributed by atoms with Gasteiger partial charge in [0.05, 0.1) is 6.54 Å². The Bertz CT molecular complexity index is 585. The summed E-state index contributed by atoms with van der Waals surface area (Å²) in [5, 5.41) is 8.13. The van der Waals surface area contributed by atoms with Crippen LogP contribution in [0.4, 0.5) is 0 Å². The van der Waals surface area contributed by atoms with Crippen LogP contribution < -0.4 is 10.6 Å². The van der Waals surface area contributed by atoms with E-state index in [1.165, 1.54) is 0 Å². The van der Waals surface area contributed by atoms with Gasteiger partial charge in [0.2, 0.25) is 0 Å². The topological polar surface area (TPSA) is 68.2 Å². The van der Waals surface area contributed by atoms with Crippen LogP contribution in [-0.2, 0) is 17.8 Å². The van der Waals surface area contributed by atoms with Crippen molar-refractivity contribution < 1.29 is 9.53 Å². The number of nitrogens with zero attached hydrogens (tertiary/aromatic N) is 2. The van der Waals surface area contributed by atoms with Crippen LogP contribution in [0.15, 0.2) is 23.7 Å². The first kappa shape index (κ1) is 14.2. The van der Waals surface area contributed by atoms with Crippen LogP contribution in [0, 0.1) is 0 Å². The summed E-state index contributed by atoms with van der Waals surface area (Å²) >= 11 is 1.62. The van der Waals surface area contributed by atoms with Gasteiger partial charge < -0.3 is 19.9 Å². The fourth-order valence-corrected chi connectivity index (χ4v) is 3.15. The van der Waals surface area contributed by atoms with Gasteiger partial charge in [-0.2, -0.15) is 0 Å². The number of nitrogens with one attached hydrogen (secondary N) is 2. The van der Waals surface area contributed by atoms with Crippen LogP contribution in [-0.4, -0.2) is 35.7 Å². The number of carbonyl (C=O) groups is 1. The second-order valence-electron chi connectivity index (χ2n) is 4.86. The van der Waals surface area contributed by atoms with E-state index in [0.717, 1.165) is 23.8 Å². The molecule has 2 aromatic heterocycles. The van der Waals surface area contributed by atoms with Crippen LogP contribution in [0.1, 0.15) is 27.3 Å². The predicted octanol–water partition coefficient (Wildman–Crippen LogP) is 1.17. The SMILES string of the molecule is COC(CNC(=O)c1cn2c(n1)CNCC2)c1cccs1. The van der Waals surface area contributed by atoms with Gasteiger partial charge in [-0.15, -0.1) is 11.3 Å². The molecule has 21 heavy (non-hydrogen) atoms. The molecule has 0 saturated carbocycles. The zero-order valence-corrected chi connectivity index (χ0v) is 12.7. The van der Waals surface area contributed by atoms with Crippen LogP contribution in [0.25, 0.3) is 0 Å². The highest BCUT2D eigenvalue weighted by atomic mass is 32.1. The minimum atomic E-state index is -0.157. The lowest BCUT2D eigenvalue weighted by Gasteiger charge is -2.13. The third-order valence-corrected chi connectivity index (χ3v) is 4.46. The number of aromatic nitrogens is 2. The Hall–Kier alpha value is -1.70. The van der Waals surface area contributed by atoms with Crippen molar-refractivity contribution in [1.29, 1.82) is 0 Å². The van der Waals surface area contributed by atoms with Gasteiger partial charge in [0.25, 0.3) is 5.91 Å². The maximum Gasteiger partial charge on any atom is 0.271 e. The lowest BCUT2D eigenvalue weighted by atomic mass is 10.3. The lowest BCUT2D eigenvalue weighted by Crippen LogP contribution is -2.29. The Balaban J connectivity index is 1.62. The first-order chi connectivity index (χ1) is 10.3. The third kappa shape index (κ3) is 3.15. The highest BCUT2D eigenvalue weighted by Gasteiger charge is 2.18. The molecule has 0 aromatic carbocycles. The monoisotopic (exact) mass is 306 g/mol. The van der Waals surface area contributed by atoms with Crippen molar-refractivity contribution in [3.05, 3.63) is 40.1 Å². The molecule has 7 heteroatoms. The van der Waals surface area contributed by atoms with Gasteiger partial charge >= 0.3 is 0 Å². The molecular weight excluding hydrogens is 288 g/mol. The molecule has 1 unspecified atom stereocenters. The Morgan fingerprint density at radius 1 is 1.67 bits per heavy atom. The number of rotatable bonds is 5. The second kappa shape index (κ2) is 6.38. The molecule has 3 heterocycles. The van der Waals surface area contributed by atoms with Gasteiger partial charge in [-0.05, 0) is 11.4 Å². The number of thiophene rings is 1. The van der Waals surface area contributed by atoms with Crippen molar-refractivity contribution >= 4 is 17.2 Å². The zero-order valence-electron chi connectivity index (χ0n) is 11.8. The molecule has 1 amide bonds. The summed E-state index contributed by atoms with van der Waals surface area (Å²) in [4.78, 5) is 17.7. The maximum atomic E-state index is 12.2. The third-order valence-electron chi connectivity index (χ3n) is 3.50. The molecule has 6 nitrogen and oxygen atoms in total. The number of fused-ring (bicyclic) bond motifs is 1. The largest absolute Gasteiger partial charge is 0.374 e. The second-order valence-corrected chi connectivity index (χ2v) is 5.84. The van der Waals surface area contributed by atoms with E-state index in [-0.39, 0.29) is 12.0 Å². The number of ether oxygens (including phenoxy) is 1. The van der Waals surface area contributed by atoms with E-state index in [1.807, 2.05) is 28.3 Å². The van der Waals surface area contributed by atoms with E-state index in [9.17, 15) is 4.79 Å². The maximum absolute atomic E-state index is 12.2. The normalized spacial score (nSPS) is 15.5. The summed E-state index contributed by atoms with van der Waals surface area (Å²) in [5.74, 6) is 0.753. The fraction of sp³-hybridized carbons (Fsp3) is 0.429. The average Bonchev–Trinajstić information content (AvgIpc) is 3.16. The van der Waals surface area contributed by atoms with Crippen molar-refractivity contribution in [2.45, 2.75) is 19.2 Å². The highest BCUT2D eigenvalue weighted by Crippen LogP contribution is 2.21. The van der Waals surface area contributed by atoms with E-state index < -0.39 is 0 Å². The molecule has 1 aliphatic rings. The Morgan fingerprint density at radius 2 is 2.57 bits per heavy atom. The van der Waals surface area contributed by atoms with E-state index >= 15 is 0 Å². The number of hydrogen-bond donors (Lipinski definition) is 2. The average molecular weight is 306 g/mol. The first-order valence-corrected chi connectivity index (χ1v) is 7.77. The van der Waals surface area contributed by atoms with Crippen LogP contribution in [0.3, 0.4) is 0 Å². The van der Waals surface area contributed by atoms with Gasteiger partial charge in [0.1, 0.15) is 17.6 Å². The molecule has 0 aliphatic carbocycles. The van der Waals surface area contributed by atoms with Crippen molar-refractivity contribution in [3.63, 3.8) is 0 Å².